The van der Waals surface area contributed by atoms with E-state index in [0.29, 0.717) is 6.04 Å². The maximum atomic E-state index is 11.9. The highest BCUT2D eigenvalue weighted by molar-refractivity contribution is 8.00. The van der Waals surface area contributed by atoms with Gasteiger partial charge in [0.2, 0.25) is 5.91 Å². The molecule has 94 valence electrons. The number of nitrogens with one attached hydrogen (secondary N) is 1. The Hall–Kier alpha value is -1.56. The number of hydrogen-bond donors (Lipinski definition) is 1. The molecule has 2 aromatic rings. The SMILES string of the molecule is CC(Sc1nnc2ccccn12)C(=O)NC1CC1. The third-order valence-corrected chi connectivity index (χ3v) is 3.91. The molecule has 1 fully saturated rings. The van der Waals surface area contributed by atoms with E-state index >= 15 is 0 Å². The number of fused-ring (bicyclic) bond motifs is 1. The van der Waals surface area contributed by atoms with Gasteiger partial charge in [-0.05, 0) is 31.9 Å². The minimum Gasteiger partial charge on any atom is -0.352 e. The number of carbonyl (C=O) groups excluding carboxylic acids is 1. The highest BCUT2D eigenvalue weighted by Gasteiger charge is 2.26. The van der Waals surface area contributed by atoms with Gasteiger partial charge < -0.3 is 5.32 Å². The molecule has 5 nitrogen and oxygen atoms in total. The summed E-state index contributed by atoms with van der Waals surface area (Å²) in [5.41, 5.74) is 0.801. The fourth-order valence-electron chi connectivity index (χ4n) is 1.66. The fraction of sp³-hybridized carbons (Fsp3) is 0.417. The van der Waals surface area contributed by atoms with E-state index < -0.39 is 0 Å². The number of hydrogen-bond acceptors (Lipinski definition) is 4. The first kappa shape index (κ1) is 11.5. The molecular weight excluding hydrogens is 248 g/mol. The van der Waals surface area contributed by atoms with Crippen LogP contribution < -0.4 is 5.32 Å². The van der Waals surface area contributed by atoms with Crippen LogP contribution in [-0.2, 0) is 4.79 Å². The first-order valence-electron chi connectivity index (χ1n) is 6.01. The largest absolute Gasteiger partial charge is 0.352 e. The lowest BCUT2D eigenvalue weighted by Crippen LogP contribution is -2.32. The number of nitrogens with zero attached hydrogens (tertiary/aromatic N) is 3. The van der Waals surface area contributed by atoms with Crippen molar-refractivity contribution in [1.82, 2.24) is 19.9 Å². The van der Waals surface area contributed by atoms with Crippen LogP contribution in [-0.4, -0.2) is 31.8 Å². The Morgan fingerprint density at radius 3 is 3.11 bits per heavy atom. The number of carbonyl (C=O) groups is 1. The lowest BCUT2D eigenvalue weighted by Gasteiger charge is -2.09. The minimum absolute atomic E-state index is 0.0789. The summed E-state index contributed by atoms with van der Waals surface area (Å²) >= 11 is 1.43. The van der Waals surface area contributed by atoms with E-state index in [2.05, 4.69) is 15.5 Å². The van der Waals surface area contributed by atoms with E-state index in [4.69, 9.17) is 0 Å². The predicted molar refractivity (Wildman–Crippen MR) is 69.5 cm³/mol. The number of rotatable bonds is 4. The summed E-state index contributed by atoms with van der Waals surface area (Å²) < 4.78 is 1.89. The molecule has 18 heavy (non-hydrogen) atoms. The highest BCUT2D eigenvalue weighted by atomic mass is 32.2. The summed E-state index contributed by atoms with van der Waals surface area (Å²) in [6.07, 6.45) is 4.12. The number of amides is 1. The van der Waals surface area contributed by atoms with Gasteiger partial charge >= 0.3 is 0 Å². The molecule has 0 aromatic carbocycles. The van der Waals surface area contributed by atoms with Gasteiger partial charge in [0.1, 0.15) is 0 Å². The van der Waals surface area contributed by atoms with E-state index in [1.807, 2.05) is 35.7 Å². The summed E-state index contributed by atoms with van der Waals surface area (Å²) in [5, 5.41) is 11.8. The Balaban J connectivity index is 1.72. The lowest BCUT2D eigenvalue weighted by molar-refractivity contribution is -0.120. The van der Waals surface area contributed by atoms with Crippen LogP contribution in [0.1, 0.15) is 19.8 Å². The van der Waals surface area contributed by atoms with Crippen molar-refractivity contribution < 1.29 is 4.79 Å². The molecule has 0 bridgehead atoms. The summed E-state index contributed by atoms with van der Waals surface area (Å²) in [6.45, 7) is 1.90. The second kappa shape index (κ2) is 4.61. The maximum Gasteiger partial charge on any atom is 0.233 e. The van der Waals surface area contributed by atoms with Gasteiger partial charge in [0, 0.05) is 12.2 Å². The van der Waals surface area contributed by atoms with Crippen molar-refractivity contribution >= 4 is 23.3 Å². The molecule has 2 heterocycles. The normalized spacial score (nSPS) is 16.7. The van der Waals surface area contributed by atoms with E-state index in [1.165, 1.54) is 11.8 Å². The van der Waals surface area contributed by atoms with Crippen LogP contribution in [0.2, 0.25) is 0 Å². The third-order valence-electron chi connectivity index (χ3n) is 2.86. The first-order chi connectivity index (χ1) is 8.74. The Kier molecular flexibility index (Phi) is 2.95. The zero-order chi connectivity index (χ0) is 12.5. The van der Waals surface area contributed by atoms with Gasteiger partial charge in [-0.15, -0.1) is 10.2 Å². The molecule has 0 radical (unpaired) electrons. The van der Waals surface area contributed by atoms with Gasteiger partial charge in [-0.25, -0.2) is 0 Å². The van der Waals surface area contributed by atoms with Crippen molar-refractivity contribution in [3.63, 3.8) is 0 Å². The van der Waals surface area contributed by atoms with E-state index in [0.717, 1.165) is 23.6 Å². The fourth-order valence-corrected chi connectivity index (χ4v) is 2.50. The smallest absolute Gasteiger partial charge is 0.233 e. The van der Waals surface area contributed by atoms with Crippen molar-refractivity contribution in [2.75, 3.05) is 0 Å². The molecule has 1 saturated carbocycles. The van der Waals surface area contributed by atoms with Crippen molar-refractivity contribution in [3.05, 3.63) is 24.4 Å². The second-order valence-corrected chi connectivity index (χ2v) is 5.76. The van der Waals surface area contributed by atoms with Crippen molar-refractivity contribution in [1.29, 1.82) is 0 Å². The van der Waals surface area contributed by atoms with Crippen LogP contribution in [0.5, 0.6) is 0 Å². The minimum atomic E-state index is -0.154. The zero-order valence-corrected chi connectivity index (χ0v) is 10.9. The van der Waals surface area contributed by atoms with Gasteiger partial charge in [-0.2, -0.15) is 0 Å². The maximum absolute atomic E-state index is 11.9. The molecule has 0 saturated heterocycles. The van der Waals surface area contributed by atoms with E-state index in [9.17, 15) is 4.79 Å². The summed E-state index contributed by atoms with van der Waals surface area (Å²) in [6, 6.07) is 6.14. The molecule has 1 aliphatic carbocycles. The monoisotopic (exact) mass is 262 g/mol. The second-order valence-electron chi connectivity index (χ2n) is 4.45. The molecule has 0 aliphatic heterocycles. The number of aromatic nitrogens is 3. The molecule has 1 aliphatic rings. The lowest BCUT2D eigenvalue weighted by atomic mass is 10.4. The van der Waals surface area contributed by atoms with Crippen LogP contribution in [0.3, 0.4) is 0 Å². The van der Waals surface area contributed by atoms with Crippen molar-refractivity contribution in [3.8, 4) is 0 Å². The molecule has 1 amide bonds. The van der Waals surface area contributed by atoms with E-state index in [1.54, 1.807) is 0 Å². The molecule has 1 atom stereocenters. The van der Waals surface area contributed by atoms with Crippen LogP contribution in [0.25, 0.3) is 5.65 Å². The molecule has 1 unspecified atom stereocenters. The van der Waals surface area contributed by atoms with E-state index in [-0.39, 0.29) is 11.2 Å². The van der Waals surface area contributed by atoms with Crippen LogP contribution in [0.4, 0.5) is 0 Å². The Bertz CT molecular complexity index is 578. The molecular formula is C12H14N4OS. The van der Waals surface area contributed by atoms with Gasteiger partial charge in [-0.1, -0.05) is 17.8 Å². The average molecular weight is 262 g/mol. The third kappa shape index (κ3) is 2.33. The summed E-state index contributed by atoms with van der Waals surface area (Å²) in [4.78, 5) is 11.9. The quantitative estimate of drug-likeness (QED) is 0.848. The van der Waals surface area contributed by atoms with Gasteiger partial charge in [-0.3, -0.25) is 9.20 Å². The first-order valence-corrected chi connectivity index (χ1v) is 6.89. The Labute approximate surface area is 109 Å². The van der Waals surface area contributed by atoms with Gasteiger partial charge in [0.25, 0.3) is 0 Å². The van der Waals surface area contributed by atoms with Gasteiger partial charge in [0.15, 0.2) is 10.8 Å². The van der Waals surface area contributed by atoms with Gasteiger partial charge in [0.05, 0.1) is 5.25 Å². The average Bonchev–Trinajstić information content (AvgIpc) is 3.10. The molecule has 2 aromatic heterocycles. The summed E-state index contributed by atoms with van der Waals surface area (Å²) in [7, 11) is 0. The Morgan fingerprint density at radius 1 is 1.50 bits per heavy atom. The molecule has 1 N–H and O–H groups in total. The summed E-state index contributed by atoms with van der Waals surface area (Å²) in [5.74, 6) is 0.0789. The van der Waals surface area contributed by atoms with Crippen LogP contribution in [0, 0.1) is 0 Å². The topological polar surface area (TPSA) is 59.3 Å². The zero-order valence-electron chi connectivity index (χ0n) is 10.0. The molecule has 0 spiro atoms. The number of pyridine rings is 1. The van der Waals surface area contributed by atoms with Crippen molar-refractivity contribution in [2.45, 2.75) is 36.2 Å². The molecule has 3 rings (SSSR count). The highest BCUT2D eigenvalue weighted by Crippen LogP contribution is 2.24. The predicted octanol–water partition coefficient (Wildman–Crippen LogP) is 1.49. The Morgan fingerprint density at radius 2 is 2.33 bits per heavy atom. The van der Waals surface area contributed by atoms with Crippen LogP contribution in [0.15, 0.2) is 29.6 Å². The number of thioether (sulfide) groups is 1. The van der Waals surface area contributed by atoms with Crippen LogP contribution >= 0.6 is 11.8 Å². The standard InChI is InChI=1S/C12H14N4OS/c1-8(11(17)13-9-5-6-9)18-12-15-14-10-4-2-3-7-16(10)12/h2-4,7-9H,5-6H2,1H3,(H,13,17). The van der Waals surface area contributed by atoms with Crippen molar-refractivity contribution in [2.24, 2.45) is 0 Å². The molecule has 6 heteroatoms.